The first-order valence-electron chi connectivity index (χ1n) is 6.91. The third kappa shape index (κ3) is 6.42. The lowest BCUT2D eigenvalue weighted by molar-refractivity contribution is -0.0322. The Kier molecular flexibility index (Phi) is 7.85. The van der Waals surface area contributed by atoms with Gasteiger partial charge in [0.05, 0.1) is 37.0 Å². The minimum atomic E-state index is -4.49. The molecule has 0 bridgehead atoms. The molecule has 0 rings (SSSR count). The molecule has 0 aliphatic heterocycles. The molecule has 134 valence electrons. The summed E-state index contributed by atoms with van der Waals surface area (Å²) in [5.74, 6) is -1.02. The molecule has 0 fully saturated rings. The van der Waals surface area contributed by atoms with Crippen LogP contribution in [0, 0.1) is 0 Å². The van der Waals surface area contributed by atoms with Gasteiger partial charge in [0.15, 0.2) is 0 Å². The van der Waals surface area contributed by atoms with E-state index in [0.717, 1.165) is 0 Å². The minimum Gasteiger partial charge on any atom is -0.394 e. The van der Waals surface area contributed by atoms with Gasteiger partial charge in [0.2, 0.25) is 0 Å². The van der Waals surface area contributed by atoms with Crippen LogP contribution in [0.4, 0.5) is 0 Å². The number of nitrogens with two attached hydrogens (primary N) is 1. The van der Waals surface area contributed by atoms with Gasteiger partial charge in [0.25, 0.3) is 10.1 Å². The maximum absolute atomic E-state index is 10.9. The van der Waals surface area contributed by atoms with Gasteiger partial charge in [-0.05, 0) is 20.3 Å². The second kappa shape index (κ2) is 7.97. The second-order valence-electron chi connectivity index (χ2n) is 6.22. The Labute approximate surface area is 130 Å². The molecule has 9 nitrogen and oxygen atoms in total. The van der Waals surface area contributed by atoms with Crippen LogP contribution in [0.5, 0.6) is 0 Å². The summed E-state index contributed by atoms with van der Waals surface area (Å²) in [4.78, 5) is 0. The Balaban J connectivity index is 5.50. The number of aliphatic hydroxyl groups is 4. The Morgan fingerprint density at radius 2 is 1.68 bits per heavy atom. The third-order valence-electron chi connectivity index (χ3n) is 3.63. The molecular weight excluding hydrogens is 316 g/mol. The predicted octanol–water partition coefficient (Wildman–Crippen LogP) is -2.58. The highest BCUT2D eigenvalue weighted by atomic mass is 32.2. The monoisotopic (exact) mass is 344 g/mol. The molecule has 22 heavy (non-hydrogen) atoms. The van der Waals surface area contributed by atoms with E-state index in [-0.39, 0.29) is 13.0 Å². The van der Waals surface area contributed by atoms with Gasteiger partial charge in [-0.3, -0.25) is 4.55 Å². The van der Waals surface area contributed by atoms with Gasteiger partial charge in [-0.2, -0.15) is 8.42 Å². The molecule has 0 aliphatic carbocycles. The third-order valence-corrected chi connectivity index (χ3v) is 4.39. The van der Waals surface area contributed by atoms with Gasteiger partial charge in [-0.15, -0.1) is 0 Å². The van der Waals surface area contributed by atoms with Crippen molar-refractivity contribution >= 4 is 10.1 Å². The molecule has 0 saturated heterocycles. The first-order valence-corrected chi connectivity index (χ1v) is 8.52. The quantitative estimate of drug-likeness (QED) is 0.210. The molecule has 0 amide bonds. The van der Waals surface area contributed by atoms with Crippen molar-refractivity contribution < 1.29 is 33.4 Å². The van der Waals surface area contributed by atoms with Gasteiger partial charge in [-0.1, -0.05) is 6.92 Å². The van der Waals surface area contributed by atoms with E-state index in [1.807, 2.05) is 0 Å². The number of rotatable bonds is 10. The second-order valence-corrected chi connectivity index (χ2v) is 7.71. The average molecular weight is 344 g/mol. The molecule has 0 aromatic heterocycles. The molecule has 0 spiro atoms. The van der Waals surface area contributed by atoms with Crippen LogP contribution in [-0.2, 0) is 10.1 Å². The topological polar surface area (TPSA) is 173 Å². The zero-order valence-corrected chi connectivity index (χ0v) is 13.9. The van der Waals surface area contributed by atoms with Crippen LogP contribution in [0.2, 0.25) is 0 Å². The SMILES string of the molecule is CCC(N)(CO)C(O)C(NC(C)(C)CO)C(O)CS(=O)(=O)O. The van der Waals surface area contributed by atoms with Crippen molar-refractivity contribution in [3.8, 4) is 0 Å². The number of aliphatic hydroxyl groups excluding tert-OH is 4. The molecule has 10 heteroatoms. The molecule has 0 aromatic rings. The molecule has 0 aromatic carbocycles. The van der Waals surface area contributed by atoms with Crippen LogP contribution in [0.1, 0.15) is 27.2 Å². The summed E-state index contributed by atoms with van der Waals surface area (Å²) in [6.45, 7) is 3.79. The normalized spacial score (nSPS) is 20.2. The summed E-state index contributed by atoms with van der Waals surface area (Å²) in [6.07, 6.45) is -3.07. The molecular formula is C12H28N2O7S. The Hall–Kier alpha value is -0.330. The van der Waals surface area contributed by atoms with Gasteiger partial charge in [0, 0.05) is 5.54 Å². The molecule has 4 unspecified atom stereocenters. The highest BCUT2D eigenvalue weighted by molar-refractivity contribution is 7.85. The summed E-state index contributed by atoms with van der Waals surface area (Å²) in [7, 11) is -4.49. The summed E-state index contributed by atoms with van der Waals surface area (Å²) in [6, 6.07) is -1.29. The van der Waals surface area contributed by atoms with E-state index in [2.05, 4.69) is 5.32 Å². The van der Waals surface area contributed by atoms with Crippen LogP contribution in [-0.4, -0.2) is 81.7 Å². The predicted molar refractivity (Wildman–Crippen MR) is 80.8 cm³/mol. The fourth-order valence-corrected chi connectivity index (χ4v) is 2.61. The van der Waals surface area contributed by atoms with Gasteiger partial charge in [0.1, 0.15) is 5.75 Å². The Bertz CT molecular complexity index is 437. The number of nitrogens with one attached hydrogen (secondary N) is 1. The van der Waals surface area contributed by atoms with E-state index < -0.39 is 51.8 Å². The summed E-state index contributed by atoms with van der Waals surface area (Å²) in [5, 5.41) is 41.8. The van der Waals surface area contributed by atoms with E-state index in [1.54, 1.807) is 20.8 Å². The summed E-state index contributed by atoms with van der Waals surface area (Å²) in [5.41, 5.74) is 3.43. The van der Waals surface area contributed by atoms with Crippen molar-refractivity contribution in [3.05, 3.63) is 0 Å². The standard InChI is InChI=1S/C12H28N2O7S/c1-4-12(13,7-16)10(18)9(14-11(2,3)6-15)8(17)5-22(19,20)21/h8-10,14-18H,4-7,13H2,1-3H3,(H,19,20,21). The molecule has 0 radical (unpaired) electrons. The van der Waals surface area contributed by atoms with Crippen LogP contribution >= 0.6 is 0 Å². The average Bonchev–Trinajstić information content (AvgIpc) is 2.41. The van der Waals surface area contributed by atoms with E-state index in [0.29, 0.717) is 0 Å². The smallest absolute Gasteiger partial charge is 0.267 e. The number of hydrogen-bond acceptors (Lipinski definition) is 8. The van der Waals surface area contributed by atoms with E-state index in [9.17, 15) is 28.8 Å². The van der Waals surface area contributed by atoms with Crippen molar-refractivity contribution in [3.63, 3.8) is 0 Å². The molecule has 0 heterocycles. The van der Waals surface area contributed by atoms with Crippen LogP contribution in [0.25, 0.3) is 0 Å². The maximum Gasteiger partial charge on any atom is 0.267 e. The van der Waals surface area contributed by atoms with Crippen molar-refractivity contribution in [1.29, 1.82) is 0 Å². The van der Waals surface area contributed by atoms with Gasteiger partial charge in [-0.25, -0.2) is 0 Å². The van der Waals surface area contributed by atoms with Crippen LogP contribution in [0.3, 0.4) is 0 Å². The van der Waals surface area contributed by atoms with Crippen molar-refractivity contribution in [2.45, 2.75) is 56.5 Å². The van der Waals surface area contributed by atoms with Crippen molar-refractivity contribution in [2.24, 2.45) is 5.73 Å². The largest absolute Gasteiger partial charge is 0.394 e. The fraction of sp³-hybridized carbons (Fsp3) is 1.00. The molecule has 4 atom stereocenters. The lowest BCUT2D eigenvalue weighted by atomic mass is 9.84. The van der Waals surface area contributed by atoms with Crippen molar-refractivity contribution in [1.82, 2.24) is 5.32 Å². The van der Waals surface area contributed by atoms with E-state index >= 15 is 0 Å². The van der Waals surface area contributed by atoms with Crippen LogP contribution in [0.15, 0.2) is 0 Å². The number of hydrogen-bond donors (Lipinski definition) is 7. The Morgan fingerprint density at radius 3 is 2.00 bits per heavy atom. The lowest BCUT2D eigenvalue weighted by Crippen LogP contribution is -2.67. The highest BCUT2D eigenvalue weighted by Gasteiger charge is 2.43. The zero-order valence-electron chi connectivity index (χ0n) is 13.1. The first kappa shape index (κ1) is 21.7. The minimum absolute atomic E-state index is 0.154. The van der Waals surface area contributed by atoms with E-state index in [1.165, 1.54) is 0 Å². The van der Waals surface area contributed by atoms with Gasteiger partial charge < -0.3 is 31.5 Å². The molecule has 8 N–H and O–H groups in total. The summed E-state index contributed by atoms with van der Waals surface area (Å²) < 4.78 is 30.8. The highest BCUT2D eigenvalue weighted by Crippen LogP contribution is 2.20. The first-order chi connectivity index (χ1) is 9.82. The fourth-order valence-electron chi connectivity index (χ4n) is 1.97. The maximum atomic E-state index is 10.9. The van der Waals surface area contributed by atoms with E-state index in [4.69, 9.17) is 10.3 Å². The summed E-state index contributed by atoms with van der Waals surface area (Å²) >= 11 is 0. The molecule has 0 saturated carbocycles. The molecule has 0 aliphatic rings. The lowest BCUT2D eigenvalue weighted by Gasteiger charge is -2.42. The Morgan fingerprint density at radius 1 is 1.18 bits per heavy atom. The van der Waals surface area contributed by atoms with Crippen molar-refractivity contribution in [2.75, 3.05) is 19.0 Å². The van der Waals surface area contributed by atoms with Gasteiger partial charge >= 0.3 is 0 Å². The zero-order chi connectivity index (χ0) is 17.8. The van der Waals surface area contributed by atoms with Crippen LogP contribution < -0.4 is 11.1 Å².